The van der Waals surface area contributed by atoms with Crippen LogP contribution in [0.4, 0.5) is 0 Å². The highest BCUT2D eigenvalue weighted by Gasteiger charge is 2.40. The number of rotatable bonds is 10. The molecule has 1 aliphatic rings. The van der Waals surface area contributed by atoms with Gasteiger partial charge in [-0.15, -0.1) is 0 Å². The lowest BCUT2D eigenvalue weighted by Crippen LogP contribution is -2.49. The van der Waals surface area contributed by atoms with Crippen molar-refractivity contribution in [3.63, 3.8) is 0 Å². The summed E-state index contributed by atoms with van der Waals surface area (Å²) in [4.78, 5) is 4.91. The summed E-state index contributed by atoms with van der Waals surface area (Å²) in [6.07, 6.45) is 4.52. The highest BCUT2D eigenvalue weighted by Crippen LogP contribution is 2.33. The van der Waals surface area contributed by atoms with Gasteiger partial charge in [-0.05, 0) is 52.2 Å². The van der Waals surface area contributed by atoms with E-state index in [-0.39, 0.29) is 12.1 Å². The van der Waals surface area contributed by atoms with Crippen LogP contribution in [0.3, 0.4) is 0 Å². The maximum Gasteiger partial charge on any atom is 0.0613 e. The van der Waals surface area contributed by atoms with E-state index in [0.29, 0.717) is 12.0 Å². The van der Waals surface area contributed by atoms with E-state index < -0.39 is 0 Å². The largest absolute Gasteiger partial charge is 0.394 e. The zero-order chi connectivity index (χ0) is 15.9. The van der Waals surface area contributed by atoms with Crippen LogP contribution in [-0.2, 0) is 0 Å². The van der Waals surface area contributed by atoms with Crippen molar-refractivity contribution in [1.82, 2.24) is 15.1 Å². The average Bonchev–Trinajstić information content (AvgIpc) is 2.85. The predicted molar refractivity (Wildman–Crippen MR) is 90.7 cm³/mol. The van der Waals surface area contributed by atoms with E-state index in [1.54, 1.807) is 0 Å². The molecule has 0 aromatic carbocycles. The Morgan fingerprint density at radius 1 is 1.29 bits per heavy atom. The normalized spacial score (nSPS) is 26.4. The SMILES string of the molecule is CCCNC1(CO)CCC(N(CCN(C)C)CC(C)C)C1. The number of aliphatic hydroxyl groups excluding tert-OH is 1. The van der Waals surface area contributed by atoms with Gasteiger partial charge in [0.1, 0.15) is 0 Å². The Balaban J connectivity index is 2.62. The molecule has 0 aromatic rings. The number of hydrogen-bond acceptors (Lipinski definition) is 4. The second-order valence-electron chi connectivity index (χ2n) is 7.45. The number of nitrogens with zero attached hydrogens (tertiary/aromatic N) is 2. The molecule has 0 spiro atoms. The minimum Gasteiger partial charge on any atom is -0.394 e. The minimum absolute atomic E-state index is 0.0337. The molecule has 2 N–H and O–H groups in total. The van der Waals surface area contributed by atoms with Crippen molar-refractivity contribution in [1.29, 1.82) is 0 Å². The smallest absolute Gasteiger partial charge is 0.0613 e. The van der Waals surface area contributed by atoms with Crippen LogP contribution in [-0.4, -0.2) is 73.4 Å². The highest BCUT2D eigenvalue weighted by molar-refractivity contribution is 4.99. The second kappa shape index (κ2) is 9.09. The third-order valence-electron chi connectivity index (χ3n) is 4.59. The van der Waals surface area contributed by atoms with Crippen LogP contribution in [0.15, 0.2) is 0 Å². The minimum atomic E-state index is -0.0337. The van der Waals surface area contributed by atoms with Gasteiger partial charge in [0, 0.05) is 31.2 Å². The number of aliphatic hydroxyl groups is 1. The molecule has 21 heavy (non-hydrogen) atoms. The molecule has 0 aromatic heterocycles. The zero-order valence-corrected chi connectivity index (χ0v) is 14.9. The molecule has 0 saturated heterocycles. The van der Waals surface area contributed by atoms with Crippen molar-refractivity contribution in [3.8, 4) is 0 Å². The lowest BCUT2D eigenvalue weighted by molar-refractivity contribution is 0.130. The van der Waals surface area contributed by atoms with E-state index in [1.807, 2.05) is 0 Å². The van der Waals surface area contributed by atoms with Gasteiger partial charge in [-0.25, -0.2) is 0 Å². The molecule has 4 nitrogen and oxygen atoms in total. The van der Waals surface area contributed by atoms with Gasteiger partial charge in [0.05, 0.1) is 6.61 Å². The van der Waals surface area contributed by atoms with E-state index in [2.05, 4.69) is 50.0 Å². The van der Waals surface area contributed by atoms with Gasteiger partial charge in [-0.3, -0.25) is 4.90 Å². The molecule has 2 unspecified atom stereocenters. The summed E-state index contributed by atoms with van der Waals surface area (Å²) in [5.74, 6) is 0.694. The Bertz CT molecular complexity index is 283. The Kier molecular flexibility index (Phi) is 8.17. The molecule has 0 bridgehead atoms. The maximum absolute atomic E-state index is 9.85. The second-order valence-corrected chi connectivity index (χ2v) is 7.45. The molecular weight excluding hydrogens is 262 g/mol. The van der Waals surface area contributed by atoms with Gasteiger partial charge in [-0.2, -0.15) is 0 Å². The van der Waals surface area contributed by atoms with Crippen LogP contribution in [0.1, 0.15) is 46.5 Å². The molecular formula is C17H37N3O. The zero-order valence-electron chi connectivity index (χ0n) is 14.9. The van der Waals surface area contributed by atoms with E-state index in [0.717, 1.165) is 45.4 Å². The number of nitrogens with one attached hydrogen (secondary N) is 1. The summed E-state index contributed by atoms with van der Waals surface area (Å²) >= 11 is 0. The predicted octanol–water partition coefficient (Wildman–Crippen LogP) is 1.79. The fourth-order valence-electron chi connectivity index (χ4n) is 3.38. The fraction of sp³-hybridized carbons (Fsp3) is 1.00. The summed E-state index contributed by atoms with van der Waals surface area (Å²) in [6.45, 7) is 11.5. The molecule has 0 amide bonds. The third kappa shape index (κ3) is 6.23. The van der Waals surface area contributed by atoms with Crippen LogP contribution >= 0.6 is 0 Å². The van der Waals surface area contributed by atoms with Gasteiger partial charge in [0.25, 0.3) is 0 Å². The van der Waals surface area contributed by atoms with Crippen LogP contribution in [0.5, 0.6) is 0 Å². The molecule has 2 atom stereocenters. The number of hydrogen-bond donors (Lipinski definition) is 2. The summed E-state index contributed by atoms with van der Waals surface area (Å²) in [5, 5.41) is 13.5. The van der Waals surface area contributed by atoms with Gasteiger partial charge < -0.3 is 15.3 Å². The van der Waals surface area contributed by atoms with E-state index >= 15 is 0 Å². The molecule has 0 aliphatic heterocycles. The molecule has 0 radical (unpaired) electrons. The molecule has 1 fully saturated rings. The van der Waals surface area contributed by atoms with Crippen molar-refractivity contribution in [2.75, 3.05) is 46.9 Å². The molecule has 4 heteroatoms. The summed E-state index contributed by atoms with van der Waals surface area (Å²) in [6, 6.07) is 0.615. The van der Waals surface area contributed by atoms with Crippen LogP contribution in [0.25, 0.3) is 0 Å². The van der Waals surface area contributed by atoms with Gasteiger partial charge in [-0.1, -0.05) is 20.8 Å². The van der Waals surface area contributed by atoms with Gasteiger partial charge in [0.15, 0.2) is 0 Å². The van der Waals surface area contributed by atoms with Gasteiger partial charge >= 0.3 is 0 Å². The Morgan fingerprint density at radius 2 is 2.00 bits per heavy atom. The first-order valence-corrected chi connectivity index (χ1v) is 8.67. The first kappa shape index (κ1) is 18.9. The summed E-state index contributed by atoms with van der Waals surface area (Å²) in [5.41, 5.74) is -0.0337. The topological polar surface area (TPSA) is 38.7 Å². The average molecular weight is 300 g/mol. The van der Waals surface area contributed by atoms with Crippen molar-refractivity contribution < 1.29 is 5.11 Å². The van der Waals surface area contributed by atoms with Crippen molar-refractivity contribution in [2.45, 2.75) is 58.0 Å². The summed E-state index contributed by atoms with van der Waals surface area (Å²) < 4.78 is 0. The molecule has 126 valence electrons. The van der Waals surface area contributed by atoms with Crippen molar-refractivity contribution in [2.24, 2.45) is 5.92 Å². The van der Waals surface area contributed by atoms with Crippen molar-refractivity contribution in [3.05, 3.63) is 0 Å². The monoisotopic (exact) mass is 299 g/mol. The summed E-state index contributed by atoms with van der Waals surface area (Å²) in [7, 11) is 4.28. The first-order chi connectivity index (χ1) is 9.92. The Labute approximate surface area is 131 Å². The quantitative estimate of drug-likeness (QED) is 0.645. The van der Waals surface area contributed by atoms with Crippen molar-refractivity contribution >= 4 is 0 Å². The first-order valence-electron chi connectivity index (χ1n) is 8.67. The Morgan fingerprint density at radius 3 is 2.52 bits per heavy atom. The lowest BCUT2D eigenvalue weighted by Gasteiger charge is -2.34. The molecule has 0 heterocycles. The fourth-order valence-corrected chi connectivity index (χ4v) is 3.38. The highest BCUT2D eigenvalue weighted by atomic mass is 16.3. The van der Waals surface area contributed by atoms with E-state index in [9.17, 15) is 5.11 Å². The van der Waals surface area contributed by atoms with Crippen LogP contribution in [0, 0.1) is 5.92 Å². The molecule has 1 aliphatic carbocycles. The van der Waals surface area contributed by atoms with E-state index in [1.165, 1.54) is 6.42 Å². The number of likely N-dealkylation sites (N-methyl/N-ethyl adjacent to an activating group) is 1. The Hall–Kier alpha value is -0.160. The van der Waals surface area contributed by atoms with Crippen LogP contribution in [0.2, 0.25) is 0 Å². The lowest BCUT2D eigenvalue weighted by atomic mass is 9.98. The molecule has 1 rings (SSSR count). The van der Waals surface area contributed by atoms with Gasteiger partial charge in [0.2, 0.25) is 0 Å². The van der Waals surface area contributed by atoms with E-state index in [4.69, 9.17) is 0 Å². The third-order valence-corrected chi connectivity index (χ3v) is 4.59. The standard InChI is InChI=1S/C17H37N3O/c1-6-9-18-17(14-21)8-7-16(12-17)20(13-15(2)3)11-10-19(4)5/h15-16,18,21H,6-14H2,1-5H3. The molecule has 1 saturated carbocycles. The van der Waals surface area contributed by atoms with Crippen LogP contribution < -0.4 is 5.32 Å². The maximum atomic E-state index is 9.85.